The van der Waals surface area contributed by atoms with Crippen molar-refractivity contribution in [3.63, 3.8) is 0 Å². The number of rotatable bonds is 3. The summed E-state index contributed by atoms with van der Waals surface area (Å²) in [6.07, 6.45) is 1.63. The van der Waals surface area contributed by atoms with Gasteiger partial charge in [-0.1, -0.05) is 40.9 Å². The SMILES string of the molecule is CC(c1c(Cl)cccc1Cl)N1CCNC(N)=C1/C=C(\N)Cl. The number of hydrogen-bond donors (Lipinski definition) is 3. The summed E-state index contributed by atoms with van der Waals surface area (Å²) in [5.41, 5.74) is 13.2. The Morgan fingerprint density at radius 2 is 2.00 bits per heavy atom. The van der Waals surface area contributed by atoms with Crippen molar-refractivity contribution in [3.05, 3.63) is 56.6 Å². The van der Waals surface area contributed by atoms with Crippen molar-refractivity contribution in [1.82, 2.24) is 10.2 Å². The molecule has 1 aliphatic heterocycles. The quantitative estimate of drug-likeness (QED) is 0.735. The Balaban J connectivity index is 2.44. The van der Waals surface area contributed by atoms with Crippen LogP contribution < -0.4 is 16.8 Å². The summed E-state index contributed by atoms with van der Waals surface area (Å²) >= 11 is 18.4. The van der Waals surface area contributed by atoms with Crippen LogP contribution in [0.1, 0.15) is 18.5 Å². The van der Waals surface area contributed by atoms with Crippen molar-refractivity contribution in [3.8, 4) is 0 Å². The number of allylic oxidation sites excluding steroid dienone is 1. The van der Waals surface area contributed by atoms with Gasteiger partial charge in [-0.2, -0.15) is 0 Å². The van der Waals surface area contributed by atoms with Gasteiger partial charge >= 0.3 is 0 Å². The first-order valence-electron chi connectivity index (χ1n) is 6.48. The molecule has 1 aromatic carbocycles. The standard InChI is InChI=1S/C14H17Cl3N4/c1-8(13-9(15)3-2-4-10(13)16)21-6-5-20-14(19)11(21)7-12(17)18/h2-4,7-8,20H,5-6,18-19H2,1H3/b12-7-. The van der Waals surface area contributed by atoms with E-state index in [1.165, 1.54) is 0 Å². The van der Waals surface area contributed by atoms with E-state index in [4.69, 9.17) is 46.3 Å². The number of nitrogens with two attached hydrogens (primary N) is 2. The Morgan fingerprint density at radius 1 is 1.38 bits per heavy atom. The minimum absolute atomic E-state index is 0.0610. The Morgan fingerprint density at radius 3 is 2.57 bits per heavy atom. The van der Waals surface area contributed by atoms with E-state index in [0.29, 0.717) is 15.9 Å². The molecule has 1 unspecified atom stereocenters. The summed E-state index contributed by atoms with van der Waals surface area (Å²) in [6.45, 7) is 3.47. The van der Waals surface area contributed by atoms with Gasteiger partial charge in [0.15, 0.2) is 0 Å². The Hall–Kier alpha value is -1.23. The van der Waals surface area contributed by atoms with E-state index in [-0.39, 0.29) is 11.2 Å². The predicted octanol–water partition coefficient (Wildman–Crippen LogP) is 3.13. The fourth-order valence-corrected chi connectivity index (χ4v) is 3.25. The van der Waals surface area contributed by atoms with Crippen molar-refractivity contribution >= 4 is 34.8 Å². The predicted molar refractivity (Wildman–Crippen MR) is 88.9 cm³/mol. The molecule has 114 valence electrons. The number of nitrogens with one attached hydrogen (secondary N) is 1. The zero-order valence-corrected chi connectivity index (χ0v) is 13.8. The lowest BCUT2D eigenvalue weighted by Crippen LogP contribution is -2.42. The van der Waals surface area contributed by atoms with Crippen molar-refractivity contribution in [2.75, 3.05) is 13.1 Å². The number of benzene rings is 1. The van der Waals surface area contributed by atoms with Gasteiger partial charge in [0.2, 0.25) is 0 Å². The van der Waals surface area contributed by atoms with E-state index in [1.54, 1.807) is 6.08 Å². The van der Waals surface area contributed by atoms with Crippen LogP contribution in [-0.2, 0) is 0 Å². The van der Waals surface area contributed by atoms with Crippen molar-refractivity contribution in [2.45, 2.75) is 13.0 Å². The van der Waals surface area contributed by atoms with Crippen LogP contribution in [0.3, 0.4) is 0 Å². The van der Waals surface area contributed by atoms with Gasteiger partial charge in [0, 0.05) is 28.7 Å². The maximum atomic E-state index is 6.29. The third-order valence-electron chi connectivity index (χ3n) is 3.41. The van der Waals surface area contributed by atoms with E-state index in [9.17, 15) is 0 Å². The molecule has 0 saturated heterocycles. The molecule has 5 N–H and O–H groups in total. The van der Waals surface area contributed by atoms with Crippen LogP contribution in [0.15, 0.2) is 40.9 Å². The van der Waals surface area contributed by atoms with Crippen LogP contribution >= 0.6 is 34.8 Å². The lowest BCUT2D eigenvalue weighted by Gasteiger charge is -2.37. The zero-order chi connectivity index (χ0) is 15.6. The molecule has 4 nitrogen and oxygen atoms in total. The smallest absolute Gasteiger partial charge is 0.120 e. The molecular formula is C14H17Cl3N4. The summed E-state index contributed by atoms with van der Waals surface area (Å²) in [5.74, 6) is 0.528. The Labute approximate surface area is 139 Å². The maximum absolute atomic E-state index is 6.29. The third kappa shape index (κ3) is 3.51. The highest BCUT2D eigenvalue weighted by atomic mass is 35.5. The first-order chi connectivity index (χ1) is 9.91. The molecule has 0 bridgehead atoms. The van der Waals surface area contributed by atoms with Crippen LogP contribution in [-0.4, -0.2) is 18.0 Å². The number of halogens is 3. The summed E-state index contributed by atoms with van der Waals surface area (Å²) < 4.78 is 0. The number of nitrogens with zero attached hydrogens (tertiary/aromatic N) is 1. The first kappa shape index (κ1) is 16.1. The summed E-state index contributed by atoms with van der Waals surface area (Å²) in [5, 5.41) is 4.50. The van der Waals surface area contributed by atoms with Crippen molar-refractivity contribution in [1.29, 1.82) is 0 Å². The molecule has 0 amide bonds. The third-order valence-corrected chi connectivity index (χ3v) is 4.18. The number of hydrogen-bond acceptors (Lipinski definition) is 4. The van der Waals surface area contributed by atoms with Crippen LogP contribution in [0.4, 0.5) is 0 Å². The highest BCUT2D eigenvalue weighted by Gasteiger charge is 2.25. The van der Waals surface area contributed by atoms with Gasteiger partial charge in [-0.3, -0.25) is 0 Å². The van der Waals surface area contributed by atoms with Gasteiger partial charge in [-0.25, -0.2) is 0 Å². The Kier molecular flexibility index (Phi) is 5.14. The second-order valence-corrected chi connectivity index (χ2v) is 6.01. The van der Waals surface area contributed by atoms with Crippen molar-refractivity contribution < 1.29 is 0 Å². The first-order valence-corrected chi connectivity index (χ1v) is 7.62. The van der Waals surface area contributed by atoms with Crippen LogP contribution in [0, 0.1) is 0 Å². The molecule has 2 rings (SSSR count). The van der Waals surface area contributed by atoms with Crippen LogP contribution in [0.5, 0.6) is 0 Å². The fraction of sp³-hybridized carbons (Fsp3) is 0.286. The highest BCUT2D eigenvalue weighted by molar-refractivity contribution is 6.36. The summed E-state index contributed by atoms with van der Waals surface area (Å²) in [7, 11) is 0. The minimum Gasteiger partial charge on any atom is -0.389 e. The fourth-order valence-electron chi connectivity index (χ4n) is 2.44. The largest absolute Gasteiger partial charge is 0.389 e. The molecule has 1 atom stereocenters. The van der Waals surface area contributed by atoms with E-state index in [1.807, 2.05) is 25.1 Å². The topological polar surface area (TPSA) is 67.3 Å². The lowest BCUT2D eigenvalue weighted by atomic mass is 10.0. The van der Waals surface area contributed by atoms with E-state index in [0.717, 1.165) is 24.4 Å². The van der Waals surface area contributed by atoms with Gasteiger partial charge in [-0.15, -0.1) is 0 Å². The average molecular weight is 348 g/mol. The second-order valence-electron chi connectivity index (χ2n) is 4.76. The molecule has 1 heterocycles. The lowest BCUT2D eigenvalue weighted by molar-refractivity contribution is 0.261. The molecule has 0 fully saturated rings. The monoisotopic (exact) mass is 346 g/mol. The average Bonchev–Trinajstić information content (AvgIpc) is 2.40. The molecule has 0 aliphatic carbocycles. The van der Waals surface area contributed by atoms with Gasteiger partial charge in [0.25, 0.3) is 0 Å². The van der Waals surface area contributed by atoms with Crippen molar-refractivity contribution in [2.24, 2.45) is 11.5 Å². The van der Waals surface area contributed by atoms with Gasteiger partial charge in [0.1, 0.15) is 11.0 Å². The summed E-state index contributed by atoms with van der Waals surface area (Å²) in [6, 6.07) is 5.40. The van der Waals surface area contributed by atoms with E-state index in [2.05, 4.69) is 10.2 Å². The van der Waals surface area contributed by atoms with Gasteiger partial charge in [0.05, 0.1) is 11.7 Å². The molecule has 0 aromatic heterocycles. The normalized spacial score (nSPS) is 17.7. The second kappa shape index (κ2) is 6.69. The van der Waals surface area contributed by atoms with E-state index < -0.39 is 0 Å². The molecule has 0 spiro atoms. The van der Waals surface area contributed by atoms with Crippen LogP contribution in [0.25, 0.3) is 0 Å². The zero-order valence-electron chi connectivity index (χ0n) is 11.5. The highest BCUT2D eigenvalue weighted by Crippen LogP contribution is 2.36. The Bertz CT molecular complexity index is 574. The summed E-state index contributed by atoms with van der Waals surface area (Å²) in [4.78, 5) is 2.08. The van der Waals surface area contributed by atoms with Gasteiger partial charge in [-0.05, 0) is 25.1 Å². The molecule has 0 radical (unpaired) electrons. The molecule has 0 saturated carbocycles. The minimum atomic E-state index is -0.0610. The van der Waals surface area contributed by atoms with Crippen LogP contribution in [0.2, 0.25) is 10.0 Å². The molecule has 1 aromatic rings. The maximum Gasteiger partial charge on any atom is 0.120 e. The van der Waals surface area contributed by atoms with E-state index >= 15 is 0 Å². The van der Waals surface area contributed by atoms with Gasteiger partial charge < -0.3 is 21.7 Å². The molecular weight excluding hydrogens is 331 g/mol. The molecule has 1 aliphatic rings. The molecule has 21 heavy (non-hydrogen) atoms. The molecule has 7 heteroatoms.